The van der Waals surface area contributed by atoms with Crippen LogP contribution in [0.5, 0.6) is 0 Å². The first-order valence-corrected chi connectivity index (χ1v) is 6.67. The fourth-order valence-electron chi connectivity index (χ4n) is 1.72. The molecule has 0 bridgehead atoms. The summed E-state index contributed by atoms with van der Waals surface area (Å²) in [5.74, 6) is -0.794. The Hall–Kier alpha value is -2.13. The van der Waals surface area contributed by atoms with Gasteiger partial charge >= 0.3 is 16.2 Å². The summed E-state index contributed by atoms with van der Waals surface area (Å²) < 4.78 is 29.7. The maximum Gasteiger partial charge on any atom is 0.356 e. The average molecular weight is 284 g/mol. The summed E-state index contributed by atoms with van der Waals surface area (Å²) in [4.78, 5) is 11.8. The minimum atomic E-state index is -4.08. The molecule has 2 rings (SSSR count). The first-order valence-electron chi connectivity index (χ1n) is 5.16. The maximum atomic E-state index is 11.8. The molecule has 2 heterocycles. The highest BCUT2D eigenvalue weighted by molar-refractivity contribution is 7.87. The summed E-state index contributed by atoms with van der Waals surface area (Å²) in [6, 6.07) is 1.47. The molecule has 2 N–H and O–H groups in total. The van der Waals surface area contributed by atoms with Gasteiger partial charge in [0.15, 0.2) is 5.69 Å². The minimum Gasteiger partial charge on any atom is -0.464 e. The number of hydrogen-bond donors (Lipinski definition) is 1. The normalized spacial score (nSPS) is 11.5. The minimum absolute atomic E-state index is 0.155. The first kappa shape index (κ1) is 13.3. The molecule has 2 aromatic heterocycles. The van der Waals surface area contributed by atoms with Crippen molar-refractivity contribution in [3.8, 4) is 11.1 Å². The van der Waals surface area contributed by atoms with Gasteiger partial charge in [-0.1, -0.05) is 0 Å². The molecule has 0 aromatic carbocycles. The fourth-order valence-corrected chi connectivity index (χ4v) is 2.37. The zero-order chi connectivity index (χ0) is 14.2. The summed E-state index contributed by atoms with van der Waals surface area (Å²) >= 11 is 0. The lowest BCUT2D eigenvalue weighted by Gasteiger charge is -2.06. The van der Waals surface area contributed by atoms with E-state index in [4.69, 9.17) is 5.14 Å². The van der Waals surface area contributed by atoms with Crippen molar-refractivity contribution in [3.05, 3.63) is 30.4 Å². The van der Waals surface area contributed by atoms with E-state index >= 15 is 0 Å². The van der Waals surface area contributed by atoms with E-state index < -0.39 is 16.2 Å². The largest absolute Gasteiger partial charge is 0.464 e. The third-order valence-electron chi connectivity index (χ3n) is 2.52. The molecule has 0 saturated heterocycles. The first-order chi connectivity index (χ1) is 8.84. The average Bonchev–Trinajstić information content (AvgIpc) is 2.92. The fraction of sp³-hybridized carbons (Fsp3) is 0.200. The molecule has 19 heavy (non-hydrogen) atoms. The molecule has 0 aliphatic heterocycles. The number of carbonyl (C=O) groups excluding carboxylic acids is 1. The molecule has 0 amide bonds. The van der Waals surface area contributed by atoms with Crippen LogP contribution in [0.3, 0.4) is 0 Å². The Balaban J connectivity index is 2.70. The Kier molecular flexibility index (Phi) is 3.16. The summed E-state index contributed by atoms with van der Waals surface area (Å²) in [6.07, 6.45) is 4.36. The predicted molar refractivity (Wildman–Crippen MR) is 66.5 cm³/mol. The molecule has 0 aliphatic carbocycles. The molecule has 102 valence electrons. The summed E-state index contributed by atoms with van der Waals surface area (Å²) in [7, 11) is -1.21. The summed E-state index contributed by atoms with van der Waals surface area (Å²) in [5, 5.41) is 9.02. The quantitative estimate of drug-likeness (QED) is 0.780. The van der Waals surface area contributed by atoms with Gasteiger partial charge in [-0.25, -0.2) is 13.9 Å². The maximum absolute atomic E-state index is 11.8. The van der Waals surface area contributed by atoms with Crippen molar-refractivity contribution >= 4 is 16.2 Å². The number of esters is 1. The number of carbonyl (C=O) groups is 1. The second-order valence-electron chi connectivity index (χ2n) is 3.81. The SMILES string of the molecule is COC(=O)c1c(-c2cnn(C)c2)ccn1S(N)(=O)=O. The van der Waals surface area contributed by atoms with Gasteiger partial charge in [-0.05, 0) is 6.07 Å². The topological polar surface area (TPSA) is 109 Å². The number of methoxy groups -OCH3 is 1. The van der Waals surface area contributed by atoms with Gasteiger partial charge in [0, 0.05) is 30.6 Å². The van der Waals surface area contributed by atoms with Crippen molar-refractivity contribution < 1.29 is 17.9 Å². The van der Waals surface area contributed by atoms with Gasteiger partial charge < -0.3 is 4.74 Å². The molecule has 0 saturated carbocycles. The van der Waals surface area contributed by atoms with Gasteiger partial charge in [-0.15, -0.1) is 0 Å². The zero-order valence-corrected chi connectivity index (χ0v) is 11.1. The molecule has 0 fully saturated rings. The Morgan fingerprint density at radius 1 is 1.47 bits per heavy atom. The third-order valence-corrected chi connectivity index (χ3v) is 3.37. The molecular formula is C10H12N4O4S. The van der Waals surface area contributed by atoms with E-state index in [2.05, 4.69) is 9.84 Å². The molecule has 0 radical (unpaired) electrons. The van der Waals surface area contributed by atoms with E-state index in [0.29, 0.717) is 15.1 Å². The van der Waals surface area contributed by atoms with Crippen LogP contribution < -0.4 is 5.14 Å². The number of nitrogens with two attached hydrogens (primary N) is 1. The van der Waals surface area contributed by atoms with Crippen LogP contribution in [-0.2, 0) is 22.0 Å². The van der Waals surface area contributed by atoms with Crippen molar-refractivity contribution in [3.63, 3.8) is 0 Å². The van der Waals surface area contributed by atoms with Crippen molar-refractivity contribution in [2.24, 2.45) is 12.2 Å². The molecule has 0 spiro atoms. The van der Waals surface area contributed by atoms with Crippen molar-refractivity contribution in [2.75, 3.05) is 7.11 Å². The van der Waals surface area contributed by atoms with Gasteiger partial charge in [0.1, 0.15) is 0 Å². The van der Waals surface area contributed by atoms with E-state index in [9.17, 15) is 13.2 Å². The number of aromatic nitrogens is 3. The lowest BCUT2D eigenvalue weighted by Crippen LogP contribution is -2.25. The lowest BCUT2D eigenvalue weighted by molar-refractivity contribution is 0.0593. The molecule has 8 nitrogen and oxygen atoms in total. The van der Waals surface area contributed by atoms with Crippen LogP contribution in [0.2, 0.25) is 0 Å². The van der Waals surface area contributed by atoms with Crippen LogP contribution in [0.4, 0.5) is 0 Å². The monoisotopic (exact) mass is 284 g/mol. The van der Waals surface area contributed by atoms with Crippen LogP contribution >= 0.6 is 0 Å². The van der Waals surface area contributed by atoms with E-state index in [1.54, 1.807) is 13.2 Å². The van der Waals surface area contributed by atoms with Crippen molar-refractivity contribution in [1.82, 2.24) is 13.8 Å². The molecule has 9 heteroatoms. The standard InChI is InChI=1S/C10H12N4O4S/c1-13-6-7(5-12-13)8-3-4-14(19(11,16)17)9(8)10(15)18-2/h3-6H,1-2H3,(H2,11,16,17). The van der Waals surface area contributed by atoms with Crippen LogP contribution in [-0.4, -0.2) is 35.2 Å². The molecule has 2 aromatic rings. The van der Waals surface area contributed by atoms with E-state index in [0.717, 1.165) is 7.11 Å². The van der Waals surface area contributed by atoms with E-state index in [1.807, 2.05) is 0 Å². The number of rotatable bonds is 3. The molecule has 0 aliphatic rings. The highest BCUT2D eigenvalue weighted by atomic mass is 32.2. The Morgan fingerprint density at radius 3 is 2.63 bits per heavy atom. The number of ether oxygens (including phenoxy) is 1. The smallest absolute Gasteiger partial charge is 0.356 e. The van der Waals surface area contributed by atoms with Crippen LogP contribution in [0.15, 0.2) is 24.7 Å². The van der Waals surface area contributed by atoms with Gasteiger partial charge in [0.05, 0.1) is 13.3 Å². The Bertz CT molecular complexity index is 729. The number of nitrogens with zero attached hydrogens (tertiary/aromatic N) is 3. The van der Waals surface area contributed by atoms with Crippen molar-refractivity contribution in [2.45, 2.75) is 0 Å². The Morgan fingerprint density at radius 2 is 2.16 bits per heavy atom. The molecule has 0 unspecified atom stereocenters. The van der Waals surface area contributed by atoms with Gasteiger partial charge in [0.25, 0.3) is 0 Å². The second-order valence-corrected chi connectivity index (χ2v) is 5.24. The zero-order valence-electron chi connectivity index (χ0n) is 10.3. The van der Waals surface area contributed by atoms with Crippen LogP contribution in [0, 0.1) is 0 Å². The number of hydrogen-bond acceptors (Lipinski definition) is 5. The van der Waals surface area contributed by atoms with Gasteiger partial charge in [0.2, 0.25) is 0 Å². The predicted octanol–water partition coefficient (Wildman–Crippen LogP) is -0.273. The van der Waals surface area contributed by atoms with Crippen LogP contribution in [0.25, 0.3) is 11.1 Å². The number of aryl methyl sites for hydroxylation is 1. The summed E-state index contributed by atoms with van der Waals surface area (Å²) in [6.45, 7) is 0. The van der Waals surface area contributed by atoms with E-state index in [1.165, 1.54) is 23.1 Å². The van der Waals surface area contributed by atoms with E-state index in [-0.39, 0.29) is 5.69 Å². The van der Waals surface area contributed by atoms with Gasteiger partial charge in [-0.2, -0.15) is 13.5 Å². The molecule has 0 atom stereocenters. The third kappa shape index (κ3) is 2.37. The molecular weight excluding hydrogens is 272 g/mol. The van der Waals surface area contributed by atoms with Crippen LogP contribution in [0.1, 0.15) is 10.5 Å². The Labute approximate surface area is 109 Å². The highest BCUT2D eigenvalue weighted by Gasteiger charge is 2.24. The second kappa shape index (κ2) is 4.52. The van der Waals surface area contributed by atoms with Crippen molar-refractivity contribution in [1.29, 1.82) is 0 Å². The highest BCUT2D eigenvalue weighted by Crippen LogP contribution is 2.25. The van der Waals surface area contributed by atoms with Gasteiger partial charge in [-0.3, -0.25) is 4.68 Å². The summed E-state index contributed by atoms with van der Waals surface area (Å²) in [5.41, 5.74) is 0.817. The lowest BCUT2D eigenvalue weighted by atomic mass is 10.1.